The van der Waals surface area contributed by atoms with E-state index in [-0.39, 0.29) is 18.5 Å². The summed E-state index contributed by atoms with van der Waals surface area (Å²) in [5.41, 5.74) is 0. The molecule has 3 N–H and O–H groups in total. The Hall–Kier alpha value is -1.92. The lowest BCUT2D eigenvalue weighted by Gasteiger charge is -2.22. The van der Waals surface area contributed by atoms with Crippen molar-refractivity contribution >= 4 is 11.9 Å². The summed E-state index contributed by atoms with van der Waals surface area (Å²) in [6.45, 7) is 4.90. The topological polar surface area (TPSA) is 95.9 Å². The van der Waals surface area contributed by atoms with Crippen molar-refractivity contribution in [1.29, 1.82) is 0 Å². The van der Waals surface area contributed by atoms with Crippen molar-refractivity contribution in [3.8, 4) is 0 Å². The molecule has 412 valence electrons. The van der Waals surface area contributed by atoms with Gasteiger partial charge in [-0.3, -0.25) is 9.59 Å². The van der Waals surface area contributed by atoms with E-state index >= 15 is 0 Å². The van der Waals surface area contributed by atoms with Crippen molar-refractivity contribution in [3.63, 3.8) is 0 Å². The van der Waals surface area contributed by atoms with Gasteiger partial charge in [-0.2, -0.15) is 0 Å². The minimum absolute atomic E-state index is 0.0170. The van der Waals surface area contributed by atoms with Gasteiger partial charge in [0.1, 0.15) is 0 Å². The highest BCUT2D eigenvalue weighted by molar-refractivity contribution is 5.76. The zero-order valence-corrected chi connectivity index (χ0v) is 47.0. The zero-order chi connectivity index (χ0) is 50.7. The van der Waals surface area contributed by atoms with Gasteiger partial charge in [0.15, 0.2) is 0 Å². The van der Waals surface area contributed by atoms with Crippen molar-refractivity contribution in [3.05, 3.63) is 36.5 Å². The fourth-order valence-electron chi connectivity index (χ4n) is 9.59. The van der Waals surface area contributed by atoms with Gasteiger partial charge in [0.2, 0.25) is 5.91 Å². The molecular formula is C64H121NO5. The second-order valence-corrected chi connectivity index (χ2v) is 21.4. The first-order valence-corrected chi connectivity index (χ1v) is 31.2. The molecule has 0 spiro atoms. The molecule has 0 aliphatic carbocycles. The van der Waals surface area contributed by atoms with Crippen LogP contribution in [0.1, 0.15) is 335 Å². The molecule has 6 nitrogen and oxygen atoms in total. The Morgan fingerprint density at radius 3 is 1.14 bits per heavy atom. The van der Waals surface area contributed by atoms with E-state index in [9.17, 15) is 19.8 Å². The average molecular weight is 985 g/mol. The first kappa shape index (κ1) is 68.1. The highest BCUT2D eigenvalue weighted by atomic mass is 16.5. The van der Waals surface area contributed by atoms with E-state index in [0.717, 1.165) is 70.6 Å². The number of hydrogen-bond donors (Lipinski definition) is 3. The minimum Gasteiger partial charge on any atom is -0.466 e. The Morgan fingerprint density at radius 2 is 0.729 bits per heavy atom. The number of unbranched alkanes of at least 4 members (excludes halogenated alkanes) is 41. The summed E-state index contributed by atoms with van der Waals surface area (Å²) in [7, 11) is 0. The van der Waals surface area contributed by atoms with Crippen LogP contribution >= 0.6 is 0 Å². The first-order chi connectivity index (χ1) is 34.5. The number of carbonyl (C=O) groups is 2. The van der Waals surface area contributed by atoms with Crippen LogP contribution in [0, 0.1) is 0 Å². The number of esters is 1. The highest BCUT2D eigenvalue weighted by Gasteiger charge is 2.20. The van der Waals surface area contributed by atoms with Crippen molar-refractivity contribution < 1.29 is 24.5 Å². The predicted molar refractivity (Wildman–Crippen MR) is 306 cm³/mol. The highest BCUT2D eigenvalue weighted by Crippen LogP contribution is 2.18. The van der Waals surface area contributed by atoms with Crippen LogP contribution < -0.4 is 5.32 Å². The molecule has 0 radical (unpaired) electrons. The number of carbonyl (C=O) groups excluding carboxylic acids is 2. The summed E-state index contributed by atoms with van der Waals surface area (Å²) in [4.78, 5) is 24.6. The van der Waals surface area contributed by atoms with E-state index in [4.69, 9.17) is 4.74 Å². The van der Waals surface area contributed by atoms with Crippen LogP contribution in [0.4, 0.5) is 0 Å². The Morgan fingerprint density at radius 1 is 0.400 bits per heavy atom. The van der Waals surface area contributed by atoms with Crippen LogP contribution in [0.3, 0.4) is 0 Å². The molecule has 0 fully saturated rings. The third kappa shape index (κ3) is 55.4. The van der Waals surface area contributed by atoms with Crippen LogP contribution in [0.25, 0.3) is 0 Å². The van der Waals surface area contributed by atoms with E-state index in [2.05, 4.69) is 55.6 Å². The molecule has 0 rings (SSSR count). The van der Waals surface area contributed by atoms with Crippen LogP contribution in [0.15, 0.2) is 36.5 Å². The minimum atomic E-state index is -0.677. The van der Waals surface area contributed by atoms with E-state index in [1.807, 2.05) is 0 Å². The zero-order valence-electron chi connectivity index (χ0n) is 47.0. The second-order valence-electron chi connectivity index (χ2n) is 21.4. The molecule has 6 heteroatoms. The molecule has 2 unspecified atom stereocenters. The molecule has 0 saturated carbocycles. The fourth-order valence-corrected chi connectivity index (χ4v) is 9.59. The van der Waals surface area contributed by atoms with Crippen molar-refractivity contribution in [2.45, 2.75) is 347 Å². The van der Waals surface area contributed by atoms with Crippen molar-refractivity contribution in [1.82, 2.24) is 5.32 Å². The van der Waals surface area contributed by atoms with Gasteiger partial charge < -0.3 is 20.3 Å². The summed E-state index contributed by atoms with van der Waals surface area (Å²) in [5, 5.41) is 23.4. The predicted octanol–water partition coefficient (Wildman–Crippen LogP) is 19.6. The standard InChI is InChI=1S/C64H121NO5/c1-3-5-7-9-11-13-15-17-19-20-21-22-23-24-25-26-29-32-36-40-44-48-52-56-62(67)61(60-66)65-63(68)57-53-49-45-41-37-33-30-27-28-31-35-39-43-47-51-55-59-70-64(69)58-54-50-46-42-38-34-18-16-14-12-10-8-6-4-2/h10,12,16,18,27,30,61-62,66-67H,3-9,11,13-15,17,19-26,28-29,31-60H2,1-2H3,(H,65,68)/b12-10-,18-16-,30-27-. The molecule has 0 aromatic carbocycles. The van der Waals surface area contributed by atoms with Crippen LogP contribution in [0.5, 0.6) is 0 Å². The lowest BCUT2D eigenvalue weighted by molar-refractivity contribution is -0.143. The summed E-state index contributed by atoms with van der Waals surface area (Å²) >= 11 is 0. The van der Waals surface area contributed by atoms with Gasteiger partial charge in [-0.25, -0.2) is 0 Å². The van der Waals surface area contributed by atoms with Crippen molar-refractivity contribution in [2.75, 3.05) is 13.2 Å². The average Bonchev–Trinajstić information content (AvgIpc) is 3.36. The number of hydrogen-bond acceptors (Lipinski definition) is 5. The normalized spacial score (nSPS) is 12.8. The van der Waals surface area contributed by atoms with E-state index in [0.29, 0.717) is 25.9 Å². The van der Waals surface area contributed by atoms with Gasteiger partial charge in [-0.1, -0.05) is 281 Å². The smallest absolute Gasteiger partial charge is 0.305 e. The summed E-state index contributed by atoms with van der Waals surface area (Å²) in [5.74, 6) is -0.0667. The third-order valence-corrected chi connectivity index (χ3v) is 14.4. The molecule has 0 aromatic rings. The molecule has 0 aliphatic heterocycles. The Kier molecular flexibility index (Phi) is 58.0. The van der Waals surface area contributed by atoms with Crippen LogP contribution in [-0.4, -0.2) is 47.4 Å². The Labute approximate surface area is 436 Å². The van der Waals surface area contributed by atoms with Gasteiger partial charge in [-0.15, -0.1) is 0 Å². The number of allylic oxidation sites excluding steroid dienone is 6. The maximum Gasteiger partial charge on any atom is 0.305 e. The van der Waals surface area contributed by atoms with Crippen LogP contribution in [-0.2, 0) is 14.3 Å². The molecule has 0 aliphatic rings. The van der Waals surface area contributed by atoms with Gasteiger partial charge in [0.05, 0.1) is 25.4 Å². The number of aliphatic hydroxyl groups is 2. The summed E-state index contributed by atoms with van der Waals surface area (Å²) < 4.78 is 5.46. The van der Waals surface area contributed by atoms with Crippen molar-refractivity contribution in [2.24, 2.45) is 0 Å². The van der Waals surface area contributed by atoms with Crippen LogP contribution in [0.2, 0.25) is 0 Å². The molecule has 0 saturated heterocycles. The molecule has 2 atom stereocenters. The molecule has 1 amide bonds. The Bertz CT molecular complexity index is 1130. The number of rotatable bonds is 58. The second kappa shape index (κ2) is 59.6. The van der Waals surface area contributed by atoms with Gasteiger partial charge in [0, 0.05) is 12.8 Å². The number of nitrogens with one attached hydrogen (secondary N) is 1. The maximum atomic E-state index is 12.5. The van der Waals surface area contributed by atoms with Gasteiger partial charge >= 0.3 is 5.97 Å². The Balaban J connectivity index is 3.47. The largest absolute Gasteiger partial charge is 0.466 e. The summed E-state index contributed by atoms with van der Waals surface area (Å²) in [6, 6.07) is -0.556. The van der Waals surface area contributed by atoms with Gasteiger partial charge in [0.25, 0.3) is 0 Å². The third-order valence-electron chi connectivity index (χ3n) is 14.4. The molecular weight excluding hydrogens is 863 g/mol. The van der Waals surface area contributed by atoms with E-state index in [1.54, 1.807) is 0 Å². The fraction of sp³-hybridized carbons (Fsp3) is 0.875. The monoisotopic (exact) mass is 984 g/mol. The van der Waals surface area contributed by atoms with E-state index in [1.165, 1.54) is 231 Å². The first-order valence-electron chi connectivity index (χ1n) is 31.2. The quantitative estimate of drug-likeness (QED) is 0.0321. The molecule has 0 aromatic heterocycles. The lowest BCUT2D eigenvalue weighted by atomic mass is 10.0. The number of aliphatic hydroxyl groups excluding tert-OH is 2. The maximum absolute atomic E-state index is 12.5. The lowest BCUT2D eigenvalue weighted by Crippen LogP contribution is -2.45. The molecule has 0 bridgehead atoms. The van der Waals surface area contributed by atoms with E-state index < -0.39 is 12.1 Å². The number of amides is 1. The summed E-state index contributed by atoms with van der Waals surface area (Å²) in [6.07, 6.45) is 74.3. The number of ether oxygens (including phenoxy) is 1. The van der Waals surface area contributed by atoms with Gasteiger partial charge in [-0.05, 0) is 77.0 Å². The SMILES string of the molecule is CCCC/C=C\C/C=C\CCCCCCCC(=O)OCCCCCCCCC/C=C\CCCCCCCC(=O)NC(CO)C(O)CCCCCCCCCCCCCCCCCCCCCCCCC. The molecule has 70 heavy (non-hydrogen) atoms. The molecule has 0 heterocycles.